The first-order chi connectivity index (χ1) is 8.00. The Balaban J connectivity index is 0. The predicted molar refractivity (Wildman–Crippen MR) is 93.6 cm³/mol. The average Bonchev–Trinajstić information content (AvgIpc) is 2.26. The number of aromatic nitrogens is 2. The van der Waals surface area contributed by atoms with Crippen LogP contribution in [0.15, 0.2) is 30.6 Å². The van der Waals surface area contributed by atoms with Gasteiger partial charge in [0.05, 0.1) is 5.69 Å². The van der Waals surface area contributed by atoms with E-state index in [2.05, 4.69) is 52.5 Å². The van der Waals surface area contributed by atoms with Gasteiger partial charge in [-0.15, -0.1) is 0 Å². The van der Waals surface area contributed by atoms with Crippen molar-refractivity contribution in [1.29, 1.82) is 0 Å². The largest absolute Gasteiger partial charge is 0.262 e. The van der Waals surface area contributed by atoms with Crippen molar-refractivity contribution in [3.63, 3.8) is 0 Å². The van der Waals surface area contributed by atoms with Crippen molar-refractivity contribution < 1.29 is 0 Å². The van der Waals surface area contributed by atoms with Crippen LogP contribution in [-0.2, 0) is 0 Å². The third-order valence-electron chi connectivity index (χ3n) is 2.31. The molecular formula is C16H25IN2. The van der Waals surface area contributed by atoms with Gasteiger partial charge in [0, 0.05) is 21.7 Å². The van der Waals surface area contributed by atoms with Gasteiger partial charge in [-0.3, -0.25) is 9.97 Å². The Morgan fingerprint density at radius 1 is 0.895 bits per heavy atom. The normalized spacial score (nSPS) is 8.47. The first-order valence-electron chi connectivity index (χ1n) is 5.47. The van der Waals surface area contributed by atoms with Crippen molar-refractivity contribution >= 4 is 22.6 Å². The second kappa shape index (κ2) is 9.89. The summed E-state index contributed by atoms with van der Waals surface area (Å²) in [5.41, 5.74) is 4.79. The number of nitrogens with zero attached hydrogens (tertiary/aromatic N) is 2. The molecule has 0 unspecified atom stereocenters. The molecule has 0 N–H and O–H groups in total. The van der Waals surface area contributed by atoms with Crippen LogP contribution in [0.3, 0.4) is 0 Å². The van der Waals surface area contributed by atoms with Crippen LogP contribution >= 0.6 is 22.6 Å². The summed E-state index contributed by atoms with van der Waals surface area (Å²) in [5.74, 6) is 0. The molecule has 19 heavy (non-hydrogen) atoms. The number of pyridine rings is 2. The van der Waals surface area contributed by atoms with Crippen molar-refractivity contribution in [1.82, 2.24) is 9.97 Å². The van der Waals surface area contributed by atoms with Gasteiger partial charge in [-0.2, -0.15) is 0 Å². The van der Waals surface area contributed by atoms with Crippen molar-refractivity contribution in [2.24, 2.45) is 0 Å². The molecule has 0 saturated heterocycles. The number of halogens is 1. The van der Waals surface area contributed by atoms with Gasteiger partial charge in [0.15, 0.2) is 0 Å². The second-order valence-electron chi connectivity index (χ2n) is 4.00. The Labute approximate surface area is 131 Å². The smallest absolute Gasteiger partial charge is 0.0508 e. The van der Waals surface area contributed by atoms with Gasteiger partial charge in [-0.1, -0.05) is 14.9 Å². The fourth-order valence-electron chi connectivity index (χ4n) is 1.36. The lowest BCUT2D eigenvalue weighted by molar-refractivity contribution is 1.15. The topological polar surface area (TPSA) is 25.8 Å². The van der Waals surface area contributed by atoms with E-state index in [1.54, 1.807) is 0 Å². The molecule has 2 nitrogen and oxygen atoms in total. The van der Waals surface area contributed by atoms with Gasteiger partial charge < -0.3 is 0 Å². The number of hydrogen-bond donors (Lipinski definition) is 0. The molecule has 0 saturated carbocycles. The molecule has 0 aliphatic rings. The molecule has 2 heterocycles. The van der Waals surface area contributed by atoms with Gasteiger partial charge in [-0.05, 0) is 79.6 Å². The highest BCUT2D eigenvalue weighted by Gasteiger charge is 1.95. The van der Waals surface area contributed by atoms with Gasteiger partial charge in [0.2, 0.25) is 0 Å². The van der Waals surface area contributed by atoms with Gasteiger partial charge in [-0.25, -0.2) is 0 Å². The number of aryl methyl sites for hydroxylation is 4. The summed E-state index contributed by atoms with van der Waals surface area (Å²) in [5, 5.41) is 0. The van der Waals surface area contributed by atoms with Crippen LogP contribution < -0.4 is 0 Å². The molecule has 0 bridgehead atoms. The monoisotopic (exact) mass is 372 g/mol. The minimum Gasteiger partial charge on any atom is -0.262 e. The van der Waals surface area contributed by atoms with E-state index in [1.807, 2.05) is 38.4 Å². The Kier molecular flexibility index (Phi) is 10.6. The number of rotatable bonds is 0. The van der Waals surface area contributed by atoms with Crippen LogP contribution in [-0.4, -0.2) is 9.97 Å². The highest BCUT2D eigenvalue weighted by Crippen LogP contribution is 2.12. The number of hydrogen-bond acceptors (Lipinski definition) is 2. The third kappa shape index (κ3) is 7.25. The fourth-order valence-corrected chi connectivity index (χ4v) is 1.68. The summed E-state index contributed by atoms with van der Waals surface area (Å²) in [6.07, 6.45) is 3.66. The standard InChI is InChI=1S/C7H8IN.C7H9N.2CH4/c1-5-3-4-9-6(2)7(5)8;1-6-3-4-8-7(2)5-6;;/h3-4H,1-2H3;3-5H,1-2H3;2*1H4. The lowest BCUT2D eigenvalue weighted by Gasteiger charge is -1.97. The molecule has 0 amide bonds. The summed E-state index contributed by atoms with van der Waals surface area (Å²) in [6, 6.07) is 6.07. The van der Waals surface area contributed by atoms with E-state index in [4.69, 9.17) is 0 Å². The highest BCUT2D eigenvalue weighted by molar-refractivity contribution is 14.1. The van der Waals surface area contributed by atoms with Crippen LogP contribution in [0.5, 0.6) is 0 Å². The molecule has 2 aromatic heterocycles. The van der Waals surface area contributed by atoms with E-state index < -0.39 is 0 Å². The Hall–Kier alpha value is -0.970. The van der Waals surface area contributed by atoms with Crippen molar-refractivity contribution in [3.8, 4) is 0 Å². The Morgan fingerprint density at radius 3 is 1.84 bits per heavy atom. The lowest BCUT2D eigenvalue weighted by Crippen LogP contribution is -1.87. The maximum atomic E-state index is 4.13. The van der Waals surface area contributed by atoms with Crippen LogP contribution in [0.4, 0.5) is 0 Å². The Bertz CT molecular complexity index is 458. The average molecular weight is 372 g/mol. The minimum atomic E-state index is 0. The molecule has 0 atom stereocenters. The van der Waals surface area contributed by atoms with E-state index in [-0.39, 0.29) is 14.9 Å². The van der Waals surface area contributed by atoms with E-state index in [0.29, 0.717) is 0 Å². The van der Waals surface area contributed by atoms with E-state index in [0.717, 1.165) is 11.4 Å². The zero-order valence-corrected chi connectivity index (χ0v) is 12.8. The fraction of sp³-hybridized carbons (Fsp3) is 0.375. The summed E-state index contributed by atoms with van der Waals surface area (Å²) in [4.78, 5) is 8.17. The molecule has 0 radical (unpaired) electrons. The Morgan fingerprint density at radius 2 is 1.47 bits per heavy atom. The van der Waals surface area contributed by atoms with Gasteiger partial charge in [0.1, 0.15) is 0 Å². The van der Waals surface area contributed by atoms with Crippen LogP contribution in [0.1, 0.15) is 37.4 Å². The van der Waals surface area contributed by atoms with E-state index in [1.165, 1.54) is 14.7 Å². The zero-order valence-electron chi connectivity index (χ0n) is 10.7. The minimum absolute atomic E-state index is 0. The van der Waals surface area contributed by atoms with Crippen molar-refractivity contribution in [3.05, 3.63) is 56.7 Å². The van der Waals surface area contributed by atoms with Crippen molar-refractivity contribution in [2.45, 2.75) is 42.5 Å². The molecule has 2 rings (SSSR count). The molecule has 0 aliphatic heterocycles. The second-order valence-corrected chi connectivity index (χ2v) is 5.08. The van der Waals surface area contributed by atoms with Crippen LogP contribution in [0.2, 0.25) is 0 Å². The lowest BCUT2D eigenvalue weighted by atomic mass is 10.3. The third-order valence-corrected chi connectivity index (χ3v) is 3.94. The summed E-state index contributed by atoms with van der Waals surface area (Å²) < 4.78 is 1.27. The molecule has 2 aromatic rings. The predicted octanol–water partition coefficient (Wildman–Crippen LogP) is 5.27. The molecule has 0 fully saturated rings. The van der Waals surface area contributed by atoms with Crippen LogP contribution in [0.25, 0.3) is 0 Å². The summed E-state index contributed by atoms with van der Waals surface area (Å²) in [6.45, 7) is 8.17. The van der Waals surface area contributed by atoms with Crippen molar-refractivity contribution in [2.75, 3.05) is 0 Å². The molecule has 0 aliphatic carbocycles. The maximum absolute atomic E-state index is 4.13. The molecule has 0 spiro atoms. The van der Waals surface area contributed by atoms with Gasteiger partial charge >= 0.3 is 0 Å². The first kappa shape index (κ1) is 20.3. The first-order valence-corrected chi connectivity index (χ1v) is 6.55. The summed E-state index contributed by atoms with van der Waals surface area (Å²) >= 11 is 2.31. The maximum Gasteiger partial charge on any atom is 0.0508 e. The van der Waals surface area contributed by atoms with E-state index in [9.17, 15) is 0 Å². The van der Waals surface area contributed by atoms with E-state index >= 15 is 0 Å². The molecular weight excluding hydrogens is 347 g/mol. The molecule has 0 aromatic carbocycles. The molecule has 3 heteroatoms. The van der Waals surface area contributed by atoms with Crippen LogP contribution in [0, 0.1) is 31.3 Å². The summed E-state index contributed by atoms with van der Waals surface area (Å²) in [7, 11) is 0. The SMILES string of the molecule is C.C.Cc1ccnc(C)c1.Cc1ccnc(C)c1I. The van der Waals surface area contributed by atoms with Gasteiger partial charge in [0.25, 0.3) is 0 Å². The molecule has 106 valence electrons. The highest BCUT2D eigenvalue weighted by atomic mass is 127. The quantitative estimate of drug-likeness (QED) is 0.589. The zero-order chi connectivity index (χ0) is 12.8.